The van der Waals surface area contributed by atoms with E-state index in [1.807, 2.05) is 18.2 Å². The molecule has 0 saturated carbocycles. The van der Waals surface area contributed by atoms with Gasteiger partial charge in [0.2, 0.25) is 0 Å². The van der Waals surface area contributed by atoms with E-state index in [1.165, 1.54) is 0 Å². The summed E-state index contributed by atoms with van der Waals surface area (Å²) in [5.41, 5.74) is 1.51. The third-order valence-electron chi connectivity index (χ3n) is 3.13. The van der Waals surface area contributed by atoms with Crippen LogP contribution in [0, 0.1) is 6.92 Å². The highest BCUT2D eigenvalue weighted by molar-refractivity contribution is 7.99. The fraction of sp³-hybridized carbons (Fsp3) is 0.188. The third-order valence-corrected chi connectivity index (χ3v) is 4.06. The number of carbonyl (C=O) groups is 1. The molecule has 112 valence electrons. The van der Waals surface area contributed by atoms with Crippen molar-refractivity contribution in [1.29, 1.82) is 0 Å². The van der Waals surface area contributed by atoms with Gasteiger partial charge in [0, 0.05) is 12.4 Å². The summed E-state index contributed by atoms with van der Waals surface area (Å²) in [5.74, 6) is 1.04. The highest BCUT2D eigenvalue weighted by atomic mass is 32.2. The molecular formula is C16H15N3O2S. The molecule has 0 N–H and O–H groups in total. The summed E-state index contributed by atoms with van der Waals surface area (Å²) in [7, 11) is 0. The molecule has 0 bridgehead atoms. The predicted molar refractivity (Wildman–Crippen MR) is 85.5 cm³/mol. The quantitative estimate of drug-likeness (QED) is 0.420. The fourth-order valence-corrected chi connectivity index (χ4v) is 2.93. The number of aryl methyl sites for hydroxylation is 1. The molecule has 3 rings (SSSR count). The molecule has 0 spiro atoms. The van der Waals surface area contributed by atoms with Gasteiger partial charge in [0.05, 0.1) is 10.6 Å². The molecule has 5 nitrogen and oxygen atoms in total. The molecule has 0 atom stereocenters. The first-order chi connectivity index (χ1) is 10.7. The molecule has 0 saturated heterocycles. The SMILES string of the molecule is CCSc1ccccc1OC(=O)c1c(C)nn2cccnc12. The molecule has 0 aliphatic rings. The van der Waals surface area contributed by atoms with E-state index in [9.17, 15) is 4.79 Å². The normalized spacial score (nSPS) is 10.8. The average Bonchev–Trinajstić information content (AvgIpc) is 2.85. The molecule has 6 heteroatoms. The molecule has 0 radical (unpaired) electrons. The Bertz CT molecular complexity index is 829. The van der Waals surface area contributed by atoms with Crippen LogP contribution in [0.2, 0.25) is 0 Å². The predicted octanol–water partition coefficient (Wildman–Crippen LogP) is 3.37. The van der Waals surface area contributed by atoms with E-state index in [4.69, 9.17) is 4.74 Å². The second kappa shape index (κ2) is 6.19. The smallest absolute Gasteiger partial charge is 0.349 e. The fourth-order valence-electron chi connectivity index (χ4n) is 2.20. The Balaban J connectivity index is 1.96. The minimum atomic E-state index is -0.435. The Kier molecular flexibility index (Phi) is 4.11. The summed E-state index contributed by atoms with van der Waals surface area (Å²) in [5, 5.41) is 4.28. The zero-order valence-electron chi connectivity index (χ0n) is 12.3. The van der Waals surface area contributed by atoms with Crippen LogP contribution in [0.4, 0.5) is 0 Å². The van der Waals surface area contributed by atoms with Gasteiger partial charge in [-0.25, -0.2) is 14.3 Å². The van der Waals surface area contributed by atoms with Crippen LogP contribution in [0.3, 0.4) is 0 Å². The number of carbonyl (C=O) groups excluding carboxylic acids is 1. The first-order valence-corrected chi connectivity index (χ1v) is 7.93. The molecule has 22 heavy (non-hydrogen) atoms. The van der Waals surface area contributed by atoms with Crippen molar-refractivity contribution in [3.63, 3.8) is 0 Å². The molecule has 1 aromatic carbocycles. The number of fused-ring (bicyclic) bond motifs is 1. The van der Waals surface area contributed by atoms with Crippen molar-refractivity contribution >= 4 is 23.4 Å². The van der Waals surface area contributed by atoms with Crippen molar-refractivity contribution in [3.05, 3.63) is 54.0 Å². The van der Waals surface area contributed by atoms with Crippen LogP contribution < -0.4 is 4.74 Å². The summed E-state index contributed by atoms with van der Waals surface area (Å²) in [6.07, 6.45) is 3.39. The molecule has 3 aromatic rings. The lowest BCUT2D eigenvalue weighted by atomic mass is 10.2. The van der Waals surface area contributed by atoms with E-state index in [2.05, 4.69) is 17.0 Å². The van der Waals surface area contributed by atoms with Gasteiger partial charge in [-0.2, -0.15) is 5.10 Å². The number of benzene rings is 1. The number of nitrogens with zero attached hydrogens (tertiary/aromatic N) is 3. The molecule has 0 aliphatic heterocycles. The number of hydrogen-bond acceptors (Lipinski definition) is 5. The summed E-state index contributed by atoms with van der Waals surface area (Å²) in [4.78, 5) is 17.7. The van der Waals surface area contributed by atoms with Crippen LogP contribution in [0.15, 0.2) is 47.6 Å². The van der Waals surface area contributed by atoms with Gasteiger partial charge in [0.1, 0.15) is 11.3 Å². The zero-order valence-corrected chi connectivity index (χ0v) is 13.1. The van der Waals surface area contributed by atoms with E-state index in [0.717, 1.165) is 10.6 Å². The Hall–Kier alpha value is -2.34. The van der Waals surface area contributed by atoms with E-state index in [0.29, 0.717) is 22.7 Å². The summed E-state index contributed by atoms with van der Waals surface area (Å²) in [6.45, 7) is 3.83. The van der Waals surface area contributed by atoms with E-state index in [1.54, 1.807) is 47.7 Å². The maximum absolute atomic E-state index is 12.5. The van der Waals surface area contributed by atoms with Crippen LogP contribution in [0.5, 0.6) is 5.75 Å². The lowest BCUT2D eigenvalue weighted by Gasteiger charge is -2.08. The van der Waals surface area contributed by atoms with Crippen LogP contribution in [0.1, 0.15) is 23.0 Å². The molecule has 2 aromatic heterocycles. The van der Waals surface area contributed by atoms with Crippen molar-refractivity contribution in [3.8, 4) is 5.75 Å². The highest BCUT2D eigenvalue weighted by Crippen LogP contribution is 2.29. The van der Waals surface area contributed by atoms with Gasteiger partial charge >= 0.3 is 5.97 Å². The van der Waals surface area contributed by atoms with Crippen LogP contribution in [0.25, 0.3) is 5.65 Å². The average molecular weight is 313 g/mol. The van der Waals surface area contributed by atoms with Gasteiger partial charge in [-0.3, -0.25) is 0 Å². The number of aromatic nitrogens is 3. The minimum absolute atomic E-state index is 0.400. The summed E-state index contributed by atoms with van der Waals surface area (Å²) >= 11 is 1.64. The van der Waals surface area contributed by atoms with Gasteiger partial charge in [-0.15, -0.1) is 11.8 Å². The minimum Gasteiger partial charge on any atom is -0.422 e. The number of para-hydroxylation sites is 1. The van der Waals surface area contributed by atoms with Crippen molar-refractivity contribution in [2.24, 2.45) is 0 Å². The molecular weight excluding hydrogens is 298 g/mol. The summed E-state index contributed by atoms with van der Waals surface area (Å²) < 4.78 is 7.16. The third kappa shape index (κ3) is 2.69. The topological polar surface area (TPSA) is 56.5 Å². The lowest BCUT2D eigenvalue weighted by Crippen LogP contribution is -2.10. The van der Waals surface area contributed by atoms with Crippen molar-refractivity contribution in [2.75, 3.05) is 5.75 Å². The lowest BCUT2D eigenvalue weighted by molar-refractivity contribution is 0.0731. The van der Waals surface area contributed by atoms with Crippen LogP contribution in [-0.4, -0.2) is 26.3 Å². The number of thioether (sulfide) groups is 1. The standard InChI is InChI=1S/C16H15N3O2S/c1-3-22-13-8-5-4-7-12(13)21-16(20)14-11(2)18-19-10-6-9-17-15(14)19/h4-10H,3H2,1-2H3. The maximum Gasteiger partial charge on any atom is 0.349 e. The van der Waals surface area contributed by atoms with Crippen molar-refractivity contribution < 1.29 is 9.53 Å². The maximum atomic E-state index is 12.5. The summed E-state index contributed by atoms with van der Waals surface area (Å²) in [6, 6.07) is 9.28. The van der Waals surface area contributed by atoms with Gasteiger partial charge in [0.25, 0.3) is 0 Å². The Morgan fingerprint density at radius 3 is 2.95 bits per heavy atom. The van der Waals surface area contributed by atoms with Gasteiger partial charge in [-0.1, -0.05) is 19.1 Å². The van der Waals surface area contributed by atoms with E-state index >= 15 is 0 Å². The van der Waals surface area contributed by atoms with Crippen LogP contribution >= 0.6 is 11.8 Å². The number of esters is 1. The first kappa shape index (κ1) is 14.6. The van der Waals surface area contributed by atoms with Gasteiger partial charge in [-0.05, 0) is 30.9 Å². The largest absolute Gasteiger partial charge is 0.422 e. The van der Waals surface area contributed by atoms with Gasteiger partial charge in [0.15, 0.2) is 5.65 Å². The second-order valence-corrected chi connectivity index (χ2v) is 5.92. The van der Waals surface area contributed by atoms with Gasteiger partial charge < -0.3 is 4.74 Å². The Morgan fingerprint density at radius 2 is 2.14 bits per heavy atom. The molecule has 0 unspecified atom stereocenters. The second-order valence-electron chi connectivity index (χ2n) is 4.62. The van der Waals surface area contributed by atoms with Crippen molar-refractivity contribution in [1.82, 2.24) is 14.6 Å². The molecule has 2 heterocycles. The zero-order chi connectivity index (χ0) is 15.5. The first-order valence-electron chi connectivity index (χ1n) is 6.94. The van der Waals surface area contributed by atoms with E-state index in [-0.39, 0.29) is 0 Å². The number of ether oxygens (including phenoxy) is 1. The monoisotopic (exact) mass is 313 g/mol. The molecule has 0 amide bonds. The molecule has 0 fully saturated rings. The number of rotatable bonds is 4. The Labute approximate surface area is 132 Å². The number of hydrogen-bond donors (Lipinski definition) is 0. The highest BCUT2D eigenvalue weighted by Gasteiger charge is 2.21. The van der Waals surface area contributed by atoms with Crippen molar-refractivity contribution in [2.45, 2.75) is 18.7 Å². The molecule has 0 aliphatic carbocycles. The Morgan fingerprint density at radius 1 is 1.32 bits per heavy atom. The van der Waals surface area contributed by atoms with E-state index < -0.39 is 5.97 Å². The van der Waals surface area contributed by atoms with Crippen LogP contribution in [-0.2, 0) is 0 Å².